The second-order valence-corrected chi connectivity index (χ2v) is 6.39. The molecule has 0 radical (unpaired) electrons. The summed E-state index contributed by atoms with van der Waals surface area (Å²) in [6, 6.07) is 0. The van der Waals surface area contributed by atoms with E-state index in [1.165, 1.54) is 71.0 Å². The van der Waals surface area contributed by atoms with E-state index in [-0.39, 0.29) is 0 Å². The van der Waals surface area contributed by atoms with Gasteiger partial charge in [-0.1, -0.05) is 32.6 Å². The summed E-state index contributed by atoms with van der Waals surface area (Å²) in [5.41, 5.74) is 6.58. The molecule has 2 nitrogen and oxygen atoms in total. The third-order valence-electron chi connectivity index (χ3n) is 4.82. The highest BCUT2D eigenvalue weighted by Crippen LogP contribution is 2.36. The maximum Gasteiger partial charge on any atom is 0.00501 e. The molecule has 0 unspecified atom stereocenters. The molecule has 17 heavy (non-hydrogen) atoms. The van der Waals surface area contributed by atoms with Crippen LogP contribution >= 0.6 is 0 Å². The Morgan fingerprint density at radius 3 is 2.24 bits per heavy atom. The largest absolute Gasteiger partial charge is 0.330 e. The predicted molar refractivity (Wildman–Crippen MR) is 74.0 cm³/mol. The molecule has 0 saturated heterocycles. The molecule has 2 saturated carbocycles. The molecule has 2 rings (SSSR count). The van der Waals surface area contributed by atoms with Gasteiger partial charge in [0.25, 0.3) is 0 Å². The van der Waals surface area contributed by atoms with Crippen molar-refractivity contribution in [2.45, 2.75) is 58.3 Å². The first-order valence-corrected chi connectivity index (χ1v) is 7.70. The summed E-state index contributed by atoms with van der Waals surface area (Å²) in [5, 5.41) is 0. The summed E-state index contributed by atoms with van der Waals surface area (Å²) in [5.74, 6) is 1.01. The summed E-state index contributed by atoms with van der Waals surface area (Å²) in [6.45, 7) is 7.00. The molecule has 0 aromatic carbocycles. The van der Waals surface area contributed by atoms with Gasteiger partial charge in [-0.15, -0.1) is 0 Å². The Morgan fingerprint density at radius 1 is 1.12 bits per heavy atom. The van der Waals surface area contributed by atoms with Crippen molar-refractivity contribution in [3.8, 4) is 0 Å². The van der Waals surface area contributed by atoms with E-state index in [1.807, 2.05) is 0 Å². The van der Waals surface area contributed by atoms with E-state index in [0.29, 0.717) is 5.41 Å². The van der Waals surface area contributed by atoms with Gasteiger partial charge >= 0.3 is 0 Å². The third-order valence-corrected chi connectivity index (χ3v) is 4.82. The molecule has 0 amide bonds. The maximum atomic E-state index is 6.13. The van der Waals surface area contributed by atoms with E-state index in [9.17, 15) is 0 Å². The van der Waals surface area contributed by atoms with Crippen LogP contribution in [-0.2, 0) is 0 Å². The molecular formula is C15H30N2. The van der Waals surface area contributed by atoms with Gasteiger partial charge in [0.1, 0.15) is 0 Å². The standard InChI is InChI=1S/C15H30N2/c1-2-17(11-14-7-8-14)13-15(12-16)9-5-3-4-6-10-15/h14H,2-13,16H2,1H3. The Kier molecular flexibility index (Phi) is 4.87. The molecule has 0 aromatic heterocycles. The lowest BCUT2D eigenvalue weighted by molar-refractivity contribution is 0.136. The first kappa shape index (κ1) is 13.4. The molecule has 0 spiro atoms. The normalized spacial score (nSPS) is 24.9. The van der Waals surface area contributed by atoms with Gasteiger partial charge in [-0.05, 0) is 50.1 Å². The second kappa shape index (κ2) is 6.19. The number of nitrogens with zero attached hydrogens (tertiary/aromatic N) is 1. The van der Waals surface area contributed by atoms with E-state index in [2.05, 4.69) is 11.8 Å². The van der Waals surface area contributed by atoms with Crippen LogP contribution < -0.4 is 5.73 Å². The van der Waals surface area contributed by atoms with E-state index >= 15 is 0 Å². The predicted octanol–water partition coefficient (Wildman–Crippen LogP) is 3.02. The molecule has 0 aliphatic heterocycles. The van der Waals surface area contributed by atoms with Crippen LogP contribution in [0.4, 0.5) is 0 Å². The minimum Gasteiger partial charge on any atom is -0.330 e. The molecule has 2 N–H and O–H groups in total. The van der Waals surface area contributed by atoms with Gasteiger partial charge < -0.3 is 10.6 Å². The number of rotatable bonds is 6. The Bertz CT molecular complexity index is 215. The molecule has 0 aromatic rings. The van der Waals surface area contributed by atoms with E-state index in [4.69, 9.17) is 5.73 Å². The van der Waals surface area contributed by atoms with Crippen molar-refractivity contribution in [1.29, 1.82) is 0 Å². The molecule has 0 atom stereocenters. The fourth-order valence-electron chi connectivity index (χ4n) is 3.35. The first-order valence-electron chi connectivity index (χ1n) is 7.70. The van der Waals surface area contributed by atoms with Crippen molar-refractivity contribution in [2.75, 3.05) is 26.2 Å². The lowest BCUT2D eigenvalue weighted by atomic mass is 9.80. The van der Waals surface area contributed by atoms with Crippen molar-refractivity contribution in [1.82, 2.24) is 4.90 Å². The Labute approximate surface area is 107 Å². The Morgan fingerprint density at radius 2 is 1.76 bits per heavy atom. The summed E-state index contributed by atoms with van der Waals surface area (Å²) >= 11 is 0. The van der Waals surface area contributed by atoms with Crippen LogP contribution in [0.5, 0.6) is 0 Å². The van der Waals surface area contributed by atoms with Crippen molar-refractivity contribution < 1.29 is 0 Å². The molecule has 2 fully saturated rings. The third kappa shape index (κ3) is 3.96. The average Bonchev–Trinajstić information content (AvgIpc) is 3.16. The summed E-state index contributed by atoms with van der Waals surface area (Å²) in [7, 11) is 0. The fourth-order valence-corrected chi connectivity index (χ4v) is 3.35. The second-order valence-electron chi connectivity index (χ2n) is 6.39. The average molecular weight is 238 g/mol. The molecule has 2 aliphatic rings. The Hall–Kier alpha value is -0.0800. The maximum absolute atomic E-state index is 6.13. The fraction of sp³-hybridized carbons (Fsp3) is 1.00. The quantitative estimate of drug-likeness (QED) is 0.721. The zero-order valence-corrected chi connectivity index (χ0v) is 11.6. The van der Waals surface area contributed by atoms with Gasteiger partial charge in [0.15, 0.2) is 0 Å². The topological polar surface area (TPSA) is 29.3 Å². The molecular weight excluding hydrogens is 208 g/mol. The minimum atomic E-state index is 0.446. The highest BCUT2D eigenvalue weighted by molar-refractivity contribution is 4.87. The van der Waals surface area contributed by atoms with Gasteiger partial charge in [-0.3, -0.25) is 0 Å². The smallest absolute Gasteiger partial charge is 0.00501 e. The zero-order chi connectivity index (χ0) is 12.1. The number of hydrogen-bond donors (Lipinski definition) is 1. The molecule has 100 valence electrons. The first-order chi connectivity index (χ1) is 8.28. The van der Waals surface area contributed by atoms with Crippen LogP contribution in [0.25, 0.3) is 0 Å². The molecule has 0 bridgehead atoms. The lowest BCUT2D eigenvalue weighted by Gasteiger charge is -2.37. The number of hydrogen-bond acceptors (Lipinski definition) is 2. The highest BCUT2D eigenvalue weighted by atomic mass is 15.1. The van der Waals surface area contributed by atoms with Crippen LogP contribution in [0.1, 0.15) is 58.3 Å². The van der Waals surface area contributed by atoms with Gasteiger partial charge in [-0.25, -0.2) is 0 Å². The summed E-state index contributed by atoms with van der Waals surface area (Å²) in [6.07, 6.45) is 11.3. The van der Waals surface area contributed by atoms with Crippen LogP contribution in [-0.4, -0.2) is 31.1 Å². The van der Waals surface area contributed by atoms with Gasteiger partial charge in [0.2, 0.25) is 0 Å². The van der Waals surface area contributed by atoms with Crippen LogP contribution in [0, 0.1) is 11.3 Å². The number of nitrogens with two attached hydrogens (primary N) is 1. The molecule has 2 aliphatic carbocycles. The monoisotopic (exact) mass is 238 g/mol. The van der Waals surface area contributed by atoms with Gasteiger partial charge in [-0.2, -0.15) is 0 Å². The van der Waals surface area contributed by atoms with Crippen LogP contribution in [0.3, 0.4) is 0 Å². The van der Waals surface area contributed by atoms with Gasteiger partial charge in [0, 0.05) is 13.1 Å². The highest BCUT2D eigenvalue weighted by Gasteiger charge is 2.33. The zero-order valence-electron chi connectivity index (χ0n) is 11.6. The summed E-state index contributed by atoms with van der Waals surface area (Å²) < 4.78 is 0. The van der Waals surface area contributed by atoms with Crippen molar-refractivity contribution in [3.05, 3.63) is 0 Å². The van der Waals surface area contributed by atoms with E-state index in [1.54, 1.807) is 0 Å². The van der Waals surface area contributed by atoms with Crippen molar-refractivity contribution in [3.63, 3.8) is 0 Å². The minimum absolute atomic E-state index is 0.446. The SMILES string of the molecule is CCN(CC1CC1)CC1(CN)CCCCCC1. The van der Waals surface area contributed by atoms with Gasteiger partial charge in [0.05, 0.1) is 0 Å². The molecule has 2 heteroatoms. The Balaban J connectivity index is 1.89. The van der Waals surface area contributed by atoms with Crippen molar-refractivity contribution >= 4 is 0 Å². The van der Waals surface area contributed by atoms with E-state index < -0.39 is 0 Å². The molecule has 0 heterocycles. The summed E-state index contributed by atoms with van der Waals surface area (Å²) in [4.78, 5) is 2.68. The van der Waals surface area contributed by atoms with Crippen molar-refractivity contribution in [2.24, 2.45) is 17.1 Å². The van der Waals surface area contributed by atoms with Crippen LogP contribution in [0.2, 0.25) is 0 Å². The lowest BCUT2D eigenvalue weighted by Crippen LogP contribution is -2.43. The van der Waals surface area contributed by atoms with Crippen LogP contribution in [0.15, 0.2) is 0 Å². The van der Waals surface area contributed by atoms with E-state index in [0.717, 1.165) is 12.5 Å².